The van der Waals surface area contributed by atoms with Crippen molar-refractivity contribution in [1.82, 2.24) is 0 Å². The van der Waals surface area contributed by atoms with E-state index in [1.54, 1.807) is 30.3 Å². The summed E-state index contributed by atoms with van der Waals surface area (Å²) in [6.07, 6.45) is 0. The Morgan fingerprint density at radius 3 is 2.24 bits per heavy atom. The highest BCUT2D eigenvalue weighted by atomic mass is 35.6. The van der Waals surface area contributed by atoms with E-state index in [0.29, 0.717) is 5.56 Å². The van der Waals surface area contributed by atoms with Crippen LogP contribution in [0, 0.1) is 0 Å². The van der Waals surface area contributed by atoms with Gasteiger partial charge in [0.25, 0.3) is 3.79 Å². The maximum Gasteiger partial charge on any atom is 0.359 e. The molecule has 1 atom stereocenters. The van der Waals surface area contributed by atoms with Gasteiger partial charge in [-0.3, -0.25) is 0 Å². The second kappa shape index (κ2) is 5.42. The molecule has 0 aliphatic carbocycles. The Bertz CT molecular complexity index is 391. The van der Waals surface area contributed by atoms with Gasteiger partial charge in [0.1, 0.15) is 6.67 Å². The van der Waals surface area contributed by atoms with Gasteiger partial charge in [0.2, 0.25) is 0 Å². The van der Waals surface area contributed by atoms with E-state index >= 15 is 0 Å². The van der Waals surface area contributed by atoms with Gasteiger partial charge in [0.15, 0.2) is 5.60 Å². The molecule has 0 spiro atoms. The summed E-state index contributed by atoms with van der Waals surface area (Å²) in [7, 11) is 0. The summed E-state index contributed by atoms with van der Waals surface area (Å²) in [5, 5.41) is 0. The minimum atomic E-state index is -2.22. The van der Waals surface area contributed by atoms with Crippen LogP contribution in [0.15, 0.2) is 30.3 Å². The topological polar surface area (TPSA) is 26.3 Å². The molecule has 0 radical (unpaired) electrons. The van der Waals surface area contributed by atoms with Crippen LogP contribution < -0.4 is 0 Å². The third-order valence-electron chi connectivity index (χ3n) is 2.19. The number of halogens is 4. The molecule has 0 amide bonds. The first-order valence-electron chi connectivity index (χ1n) is 4.71. The largest absolute Gasteiger partial charge is 0.448 e. The monoisotopic (exact) mass is 298 g/mol. The molecule has 6 heteroatoms. The SMILES string of the molecule is CC(CF)(OC(=O)C(Cl)(Cl)Cl)c1ccccc1. The Kier molecular flexibility index (Phi) is 4.64. The van der Waals surface area contributed by atoms with Crippen molar-refractivity contribution in [2.24, 2.45) is 0 Å². The van der Waals surface area contributed by atoms with Crippen molar-refractivity contribution in [1.29, 1.82) is 0 Å². The van der Waals surface area contributed by atoms with Crippen LogP contribution in [0.2, 0.25) is 0 Å². The third kappa shape index (κ3) is 3.73. The summed E-state index contributed by atoms with van der Waals surface area (Å²) < 4.78 is 15.8. The standard InChI is InChI=1S/C11H10Cl3FO2/c1-10(7-15,8-5-3-2-4-6-8)17-9(16)11(12,13)14/h2-6H,7H2,1H3. The molecule has 0 N–H and O–H groups in total. The molecular formula is C11H10Cl3FO2. The van der Waals surface area contributed by atoms with E-state index in [9.17, 15) is 9.18 Å². The van der Waals surface area contributed by atoms with Crippen LogP contribution in [0.3, 0.4) is 0 Å². The lowest BCUT2D eigenvalue weighted by Crippen LogP contribution is -2.36. The van der Waals surface area contributed by atoms with Gasteiger partial charge in [0.05, 0.1) is 0 Å². The Labute approximate surface area is 114 Å². The summed E-state index contributed by atoms with van der Waals surface area (Å²) in [5.41, 5.74) is -0.965. The smallest absolute Gasteiger partial charge is 0.359 e. The number of alkyl halides is 4. The molecule has 0 heterocycles. The minimum absolute atomic E-state index is 0.491. The van der Waals surface area contributed by atoms with Crippen molar-refractivity contribution in [2.75, 3.05) is 6.67 Å². The van der Waals surface area contributed by atoms with Crippen LogP contribution in [0.4, 0.5) is 4.39 Å². The van der Waals surface area contributed by atoms with Gasteiger partial charge in [-0.15, -0.1) is 0 Å². The van der Waals surface area contributed by atoms with Crippen molar-refractivity contribution < 1.29 is 13.9 Å². The second-order valence-electron chi connectivity index (χ2n) is 3.62. The van der Waals surface area contributed by atoms with Crippen LogP contribution >= 0.6 is 34.8 Å². The van der Waals surface area contributed by atoms with Gasteiger partial charge in [-0.05, 0) is 12.5 Å². The highest BCUT2D eigenvalue weighted by Gasteiger charge is 2.40. The number of ether oxygens (including phenoxy) is 1. The quantitative estimate of drug-likeness (QED) is 0.627. The lowest BCUT2D eigenvalue weighted by molar-refractivity contribution is -0.160. The second-order valence-corrected chi connectivity index (χ2v) is 5.90. The Morgan fingerprint density at radius 2 is 1.82 bits per heavy atom. The normalized spacial score (nSPS) is 15.1. The number of hydrogen-bond acceptors (Lipinski definition) is 2. The lowest BCUT2D eigenvalue weighted by Gasteiger charge is -2.28. The first-order chi connectivity index (χ1) is 7.79. The van der Waals surface area contributed by atoms with E-state index in [1.165, 1.54) is 6.92 Å². The first-order valence-corrected chi connectivity index (χ1v) is 5.84. The summed E-state index contributed by atoms with van der Waals surface area (Å²) in [4.78, 5) is 11.4. The molecule has 1 aromatic rings. The van der Waals surface area contributed by atoms with Crippen LogP contribution in [-0.4, -0.2) is 16.4 Å². The Morgan fingerprint density at radius 1 is 1.29 bits per heavy atom. The average Bonchev–Trinajstić information content (AvgIpc) is 2.28. The van der Waals surface area contributed by atoms with Crippen molar-refractivity contribution >= 4 is 40.8 Å². The number of benzene rings is 1. The number of carbonyl (C=O) groups is 1. The predicted molar refractivity (Wildman–Crippen MR) is 66.2 cm³/mol. The molecule has 0 saturated carbocycles. The zero-order valence-corrected chi connectivity index (χ0v) is 11.2. The number of esters is 1. The van der Waals surface area contributed by atoms with Gasteiger partial charge in [-0.25, -0.2) is 9.18 Å². The molecule has 2 nitrogen and oxygen atoms in total. The highest BCUT2D eigenvalue weighted by Crippen LogP contribution is 2.33. The summed E-state index contributed by atoms with van der Waals surface area (Å²) in [6.45, 7) is 0.500. The molecule has 1 unspecified atom stereocenters. The summed E-state index contributed by atoms with van der Waals surface area (Å²) in [6, 6.07) is 8.42. The lowest BCUT2D eigenvalue weighted by atomic mass is 9.97. The van der Waals surface area contributed by atoms with E-state index in [2.05, 4.69) is 0 Å². The van der Waals surface area contributed by atoms with Crippen LogP contribution in [0.5, 0.6) is 0 Å². The maximum atomic E-state index is 13.1. The van der Waals surface area contributed by atoms with Crippen molar-refractivity contribution in [3.8, 4) is 0 Å². The highest BCUT2D eigenvalue weighted by molar-refractivity contribution is 6.75. The fraction of sp³-hybridized carbons (Fsp3) is 0.364. The number of rotatable bonds is 3. The van der Waals surface area contributed by atoms with Crippen molar-refractivity contribution in [3.05, 3.63) is 35.9 Å². The van der Waals surface area contributed by atoms with E-state index in [-0.39, 0.29) is 0 Å². The molecule has 17 heavy (non-hydrogen) atoms. The van der Waals surface area contributed by atoms with E-state index in [0.717, 1.165) is 0 Å². The molecule has 0 saturated heterocycles. The minimum Gasteiger partial charge on any atom is -0.448 e. The maximum absolute atomic E-state index is 13.1. The number of hydrogen-bond donors (Lipinski definition) is 0. The zero-order valence-electron chi connectivity index (χ0n) is 8.92. The van der Waals surface area contributed by atoms with Crippen LogP contribution in [0.1, 0.15) is 12.5 Å². The molecular weight excluding hydrogens is 289 g/mol. The summed E-state index contributed by atoms with van der Waals surface area (Å²) in [5.74, 6) is -1.11. The molecule has 94 valence electrons. The Hall–Kier alpha value is -0.510. The van der Waals surface area contributed by atoms with E-state index < -0.39 is 22.0 Å². The molecule has 0 bridgehead atoms. The van der Waals surface area contributed by atoms with Crippen molar-refractivity contribution in [2.45, 2.75) is 16.3 Å². The summed E-state index contributed by atoms with van der Waals surface area (Å²) >= 11 is 16.1. The molecule has 0 aliphatic rings. The van der Waals surface area contributed by atoms with Gasteiger partial charge >= 0.3 is 5.97 Å². The third-order valence-corrected chi connectivity index (χ3v) is 2.65. The van der Waals surface area contributed by atoms with Crippen LogP contribution in [0.25, 0.3) is 0 Å². The zero-order chi connectivity index (χ0) is 13.1. The molecule has 0 aromatic heterocycles. The molecule has 0 fully saturated rings. The molecule has 1 rings (SSSR count). The van der Waals surface area contributed by atoms with E-state index in [4.69, 9.17) is 39.5 Å². The van der Waals surface area contributed by atoms with Crippen LogP contribution in [-0.2, 0) is 15.1 Å². The first kappa shape index (κ1) is 14.6. The number of carbonyl (C=O) groups excluding carboxylic acids is 1. The van der Waals surface area contributed by atoms with Gasteiger partial charge < -0.3 is 4.74 Å². The Balaban J connectivity index is 2.95. The fourth-order valence-electron chi connectivity index (χ4n) is 1.22. The van der Waals surface area contributed by atoms with Gasteiger partial charge in [-0.1, -0.05) is 65.1 Å². The van der Waals surface area contributed by atoms with Gasteiger partial charge in [-0.2, -0.15) is 0 Å². The predicted octanol–water partition coefficient (Wildman–Crippen LogP) is 3.78. The fourth-order valence-corrected chi connectivity index (χ4v) is 1.33. The van der Waals surface area contributed by atoms with Crippen molar-refractivity contribution in [3.63, 3.8) is 0 Å². The van der Waals surface area contributed by atoms with Gasteiger partial charge in [0, 0.05) is 0 Å². The molecule has 1 aromatic carbocycles. The van der Waals surface area contributed by atoms with E-state index in [1.807, 2.05) is 0 Å². The molecule has 0 aliphatic heterocycles. The average molecular weight is 300 g/mol.